The van der Waals surface area contributed by atoms with Crippen molar-refractivity contribution in [2.45, 2.75) is 24.3 Å². The number of sulfonamides is 1. The minimum absolute atomic E-state index is 0.0861. The van der Waals surface area contributed by atoms with Crippen LogP contribution in [0.3, 0.4) is 0 Å². The van der Waals surface area contributed by atoms with E-state index in [1.165, 1.54) is 4.31 Å². The van der Waals surface area contributed by atoms with Crippen molar-refractivity contribution in [3.8, 4) is 11.1 Å². The number of hydrogen-bond donors (Lipinski definition) is 0. The molecule has 1 atom stereocenters. The van der Waals surface area contributed by atoms with Crippen LogP contribution in [0.1, 0.15) is 12.0 Å². The fourth-order valence-corrected chi connectivity index (χ4v) is 5.14. The van der Waals surface area contributed by atoms with Crippen molar-refractivity contribution in [2.24, 2.45) is 0 Å². The highest BCUT2D eigenvalue weighted by atomic mass is 32.2. The number of ether oxygens (including phenoxy) is 1. The lowest BCUT2D eigenvalue weighted by Gasteiger charge is -2.20. The summed E-state index contributed by atoms with van der Waals surface area (Å²) >= 11 is 0. The number of hydrogen-bond acceptors (Lipinski definition) is 5. The molecule has 0 N–H and O–H groups in total. The third kappa shape index (κ3) is 3.29. The van der Waals surface area contributed by atoms with Gasteiger partial charge >= 0.3 is 6.09 Å². The summed E-state index contributed by atoms with van der Waals surface area (Å²) in [7, 11) is -3.70. The van der Waals surface area contributed by atoms with Crippen LogP contribution in [0.4, 0.5) is 4.79 Å². The average molecular weight is 400 g/mol. The van der Waals surface area contributed by atoms with Gasteiger partial charge in [-0.1, -0.05) is 42.0 Å². The number of aryl methyl sites for hydroxylation is 1. The number of carbonyl (C=O) groups excluding carboxylic acids is 2. The van der Waals surface area contributed by atoms with Crippen molar-refractivity contribution in [3.63, 3.8) is 0 Å². The zero-order chi connectivity index (χ0) is 19.9. The Hall–Kier alpha value is -2.71. The average Bonchev–Trinajstić information content (AvgIpc) is 3.29. The number of rotatable bonds is 4. The lowest BCUT2D eigenvalue weighted by molar-refractivity contribution is -0.127. The Labute approximate surface area is 163 Å². The van der Waals surface area contributed by atoms with Crippen molar-refractivity contribution >= 4 is 22.0 Å². The minimum Gasteiger partial charge on any atom is -0.439 e. The Morgan fingerprint density at radius 3 is 2.43 bits per heavy atom. The van der Waals surface area contributed by atoms with Gasteiger partial charge in [0.05, 0.1) is 10.9 Å². The van der Waals surface area contributed by atoms with E-state index in [-0.39, 0.29) is 24.6 Å². The molecule has 0 spiro atoms. The van der Waals surface area contributed by atoms with Gasteiger partial charge in [-0.25, -0.2) is 18.1 Å². The van der Waals surface area contributed by atoms with Crippen LogP contribution < -0.4 is 0 Å². The van der Waals surface area contributed by atoms with E-state index in [1.54, 1.807) is 24.3 Å². The molecular formula is C20H20N2O5S. The zero-order valence-electron chi connectivity index (χ0n) is 15.4. The lowest BCUT2D eigenvalue weighted by atomic mass is 10.0. The topological polar surface area (TPSA) is 84.0 Å². The van der Waals surface area contributed by atoms with Gasteiger partial charge in [-0.2, -0.15) is 4.31 Å². The predicted molar refractivity (Wildman–Crippen MR) is 102 cm³/mol. The lowest BCUT2D eigenvalue weighted by Crippen LogP contribution is -2.42. The fraction of sp³-hybridized carbons (Fsp3) is 0.300. The van der Waals surface area contributed by atoms with Crippen LogP contribution in [0.2, 0.25) is 0 Å². The van der Waals surface area contributed by atoms with Crippen molar-refractivity contribution < 1.29 is 22.7 Å². The molecule has 8 heteroatoms. The van der Waals surface area contributed by atoms with Gasteiger partial charge in [-0.05, 0) is 36.6 Å². The van der Waals surface area contributed by atoms with E-state index in [2.05, 4.69) is 0 Å². The van der Waals surface area contributed by atoms with Crippen molar-refractivity contribution in [3.05, 3.63) is 54.1 Å². The molecule has 0 radical (unpaired) electrons. The summed E-state index contributed by atoms with van der Waals surface area (Å²) in [5, 5.41) is 0. The fourth-order valence-electron chi connectivity index (χ4n) is 3.65. The first-order valence-corrected chi connectivity index (χ1v) is 10.5. The Morgan fingerprint density at radius 1 is 1.04 bits per heavy atom. The van der Waals surface area contributed by atoms with E-state index < -0.39 is 28.1 Å². The van der Waals surface area contributed by atoms with E-state index >= 15 is 0 Å². The summed E-state index contributed by atoms with van der Waals surface area (Å²) < 4.78 is 32.0. The highest BCUT2D eigenvalue weighted by molar-refractivity contribution is 7.89. The van der Waals surface area contributed by atoms with Crippen LogP contribution in [0.5, 0.6) is 0 Å². The molecule has 2 amide bonds. The quantitative estimate of drug-likeness (QED) is 0.787. The number of amides is 2. The van der Waals surface area contributed by atoms with Crippen molar-refractivity contribution in [1.82, 2.24) is 9.21 Å². The summed E-state index contributed by atoms with van der Waals surface area (Å²) in [4.78, 5) is 24.7. The van der Waals surface area contributed by atoms with Crippen LogP contribution in [0.25, 0.3) is 11.1 Å². The van der Waals surface area contributed by atoms with Crippen LogP contribution >= 0.6 is 0 Å². The number of carbonyl (C=O) groups is 2. The molecule has 2 aliphatic heterocycles. The molecule has 146 valence electrons. The van der Waals surface area contributed by atoms with E-state index in [0.29, 0.717) is 6.42 Å². The van der Waals surface area contributed by atoms with Gasteiger partial charge in [0.1, 0.15) is 0 Å². The predicted octanol–water partition coefficient (Wildman–Crippen LogP) is 2.40. The number of imide groups is 1. The van der Waals surface area contributed by atoms with Crippen molar-refractivity contribution in [1.29, 1.82) is 0 Å². The van der Waals surface area contributed by atoms with Crippen molar-refractivity contribution in [2.75, 3.05) is 19.7 Å². The van der Waals surface area contributed by atoms with Gasteiger partial charge < -0.3 is 4.74 Å². The third-order valence-corrected chi connectivity index (χ3v) is 7.00. The third-order valence-electron chi connectivity index (χ3n) is 5.12. The smallest absolute Gasteiger partial charge is 0.417 e. The molecule has 7 nitrogen and oxygen atoms in total. The molecule has 0 bridgehead atoms. The summed E-state index contributed by atoms with van der Waals surface area (Å²) in [6, 6.07) is 14.3. The molecule has 2 fully saturated rings. The largest absolute Gasteiger partial charge is 0.439 e. The molecule has 2 aromatic rings. The zero-order valence-corrected chi connectivity index (χ0v) is 16.2. The highest BCUT2D eigenvalue weighted by Crippen LogP contribution is 2.27. The second-order valence-corrected chi connectivity index (χ2v) is 8.96. The normalized spacial score (nSPS) is 20.6. The van der Waals surface area contributed by atoms with E-state index in [1.807, 2.05) is 31.2 Å². The second kappa shape index (κ2) is 7.03. The van der Waals surface area contributed by atoms with E-state index in [9.17, 15) is 18.0 Å². The van der Waals surface area contributed by atoms with Gasteiger partial charge in [0.15, 0.2) is 6.61 Å². The summed E-state index contributed by atoms with van der Waals surface area (Å²) in [5.74, 6) is -0.420. The molecule has 4 rings (SSSR count). The van der Waals surface area contributed by atoms with Gasteiger partial charge in [0.25, 0.3) is 5.91 Å². The first-order valence-electron chi connectivity index (χ1n) is 9.02. The van der Waals surface area contributed by atoms with Gasteiger partial charge in [0, 0.05) is 13.1 Å². The summed E-state index contributed by atoms with van der Waals surface area (Å²) in [6.45, 7) is 2.07. The Bertz CT molecular complexity index is 1020. The van der Waals surface area contributed by atoms with Gasteiger partial charge in [-0.15, -0.1) is 0 Å². The second-order valence-electron chi connectivity index (χ2n) is 7.02. The molecule has 2 heterocycles. The maximum Gasteiger partial charge on any atom is 0.417 e. The molecule has 0 aliphatic carbocycles. The molecule has 0 saturated carbocycles. The summed E-state index contributed by atoms with van der Waals surface area (Å²) in [5.41, 5.74) is 3.09. The Morgan fingerprint density at radius 2 is 1.79 bits per heavy atom. The number of benzene rings is 2. The molecule has 28 heavy (non-hydrogen) atoms. The monoisotopic (exact) mass is 400 g/mol. The van der Waals surface area contributed by atoms with Crippen LogP contribution in [-0.2, 0) is 19.6 Å². The Balaban J connectivity index is 1.52. The maximum absolute atomic E-state index is 13.0. The molecule has 0 aromatic heterocycles. The first-order chi connectivity index (χ1) is 13.4. The van der Waals surface area contributed by atoms with Crippen LogP contribution in [0.15, 0.2) is 53.4 Å². The molecule has 1 unspecified atom stereocenters. The number of nitrogens with zero attached hydrogens (tertiary/aromatic N) is 2. The van der Waals surface area contributed by atoms with E-state index in [4.69, 9.17) is 4.74 Å². The first kappa shape index (κ1) is 18.6. The summed E-state index contributed by atoms with van der Waals surface area (Å²) in [6.07, 6.45) is -0.293. The standard InChI is InChI=1S/C20H20N2O5S/c1-14-3-2-4-16(11-14)15-5-7-18(8-6-15)28(25,26)21-10-9-17(12-21)22-19(23)13-27-20(22)24/h2-8,11,17H,9-10,12-13H2,1H3. The molecule has 2 aromatic carbocycles. The Kier molecular flexibility index (Phi) is 4.68. The van der Waals surface area contributed by atoms with E-state index in [0.717, 1.165) is 21.6 Å². The maximum atomic E-state index is 13.0. The van der Waals surface area contributed by atoms with Gasteiger partial charge in [-0.3, -0.25) is 4.79 Å². The minimum atomic E-state index is -3.70. The number of cyclic esters (lactones) is 1. The highest BCUT2D eigenvalue weighted by Gasteiger charge is 2.43. The van der Waals surface area contributed by atoms with Crippen LogP contribution in [0, 0.1) is 6.92 Å². The van der Waals surface area contributed by atoms with Gasteiger partial charge in [0.2, 0.25) is 10.0 Å². The SMILES string of the molecule is Cc1cccc(-c2ccc(S(=O)(=O)N3CCC(N4C(=O)COC4=O)C3)cc2)c1. The molecular weight excluding hydrogens is 380 g/mol. The molecule has 2 aliphatic rings. The molecule has 2 saturated heterocycles. The van der Waals surface area contributed by atoms with Crippen LogP contribution in [-0.4, -0.2) is 55.4 Å².